The Morgan fingerprint density at radius 1 is 1.12 bits per heavy atom. The van der Waals surface area contributed by atoms with Crippen molar-refractivity contribution in [1.82, 2.24) is 14.4 Å². The largest absolute Gasteiger partial charge is 0.504 e. The zero-order chi connectivity index (χ0) is 11.0. The Morgan fingerprint density at radius 2 is 1.94 bits per heavy atom. The number of fused-ring (bicyclic) bond motifs is 1. The predicted octanol–water partition coefficient (Wildman–Crippen LogP) is 2.10. The molecule has 4 heteroatoms. The highest BCUT2D eigenvalue weighted by Crippen LogP contribution is 2.22. The molecule has 16 heavy (non-hydrogen) atoms. The minimum atomic E-state index is 0.183. The Labute approximate surface area is 91.8 Å². The molecule has 0 aliphatic heterocycles. The maximum Gasteiger partial charge on any atom is 0.180 e. The summed E-state index contributed by atoms with van der Waals surface area (Å²) in [4.78, 5) is 8.33. The summed E-state index contributed by atoms with van der Waals surface area (Å²) in [5, 5.41) is 9.64. The normalized spacial score (nSPS) is 10.8. The van der Waals surface area contributed by atoms with Crippen LogP contribution in [0, 0.1) is 0 Å². The maximum atomic E-state index is 9.64. The number of hydrogen-bond donors (Lipinski definition) is 1. The van der Waals surface area contributed by atoms with Crippen molar-refractivity contribution in [3.8, 4) is 17.0 Å². The summed E-state index contributed by atoms with van der Waals surface area (Å²) >= 11 is 0. The van der Waals surface area contributed by atoms with Crippen LogP contribution in [-0.2, 0) is 0 Å². The zero-order valence-corrected chi connectivity index (χ0v) is 8.41. The summed E-state index contributed by atoms with van der Waals surface area (Å²) in [6.07, 6.45) is 7.18. The Bertz CT molecular complexity index is 631. The van der Waals surface area contributed by atoms with Crippen LogP contribution in [0.2, 0.25) is 0 Å². The first-order valence-electron chi connectivity index (χ1n) is 4.92. The summed E-state index contributed by atoms with van der Waals surface area (Å²) < 4.78 is 1.80. The van der Waals surface area contributed by atoms with Crippen LogP contribution >= 0.6 is 0 Å². The van der Waals surface area contributed by atoms with E-state index in [-0.39, 0.29) is 5.75 Å². The standard InChI is InChI=1S/C12H9N3O/c16-11-2-1-7-15-8-10(14-12(11)15)9-3-5-13-6-4-9/h1-8,16H. The van der Waals surface area contributed by atoms with Crippen LogP contribution in [-0.4, -0.2) is 19.5 Å². The second-order valence-electron chi connectivity index (χ2n) is 3.49. The molecule has 0 amide bonds. The van der Waals surface area contributed by atoms with Gasteiger partial charge in [0.25, 0.3) is 0 Å². The number of rotatable bonds is 1. The van der Waals surface area contributed by atoms with Crippen LogP contribution in [0.4, 0.5) is 0 Å². The van der Waals surface area contributed by atoms with Crippen LogP contribution in [0.25, 0.3) is 16.9 Å². The van der Waals surface area contributed by atoms with Crippen molar-refractivity contribution in [2.45, 2.75) is 0 Å². The average Bonchev–Trinajstić information content (AvgIpc) is 2.76. The van der Waals surface area contributed by atoms with Crippen LogP contribution in [0.15, 0.2) is 49.1 Å². The molecule has 0 unspecified atom stereocenters. The van der Waals surface area contributed by atoms with E-state index in [2.05, 4.69) is 9.97 Å². The fraction of sp³-hybridized carbons (Fsp3) is 0. The van der Waals surface area contributed by atoms with E-state index in [1.807, 2.05) is 24.5 Å². The second-order valence-corrected chi connectivity index (χ2v) is 3.49. The van der Waals surface area contributed by atoms with Crippen LogP contribution < -0.4 is 0 Å². The van der Waals surface area contributed by atoms with Crippen LogP contribution in [0.5, 0.6) is 5.75 Å². The zero-order valence-electron chi connectivity index (χ0n) is 8.41. The van der Waals surface area contributed by atoms with E-state index in [0.717, 1.165) is 11.3 Å². The van der Waals surface area contributed by atoms with Gasteiger partial charge in [-0.15, -0.1) is 0 Å². The van der Waals surface area contributed by atoms with Crippen molar-refractivity contribution in [2.75, 3.05) is 0 Å². The van der Waals surface area contributed by atoms with Gasteiger partial charge in [0.1, 0.15) is 0 Å². The number of imidazole rings is 1. The molecule has 0 aliphatic rings. The highest BCUT2D eigenvalue weighted by Gasteiger charge is 2.06. The fourth-order valence-corrected chi connectivity index (χ4v) is 1.66. The van der Waals surface area contributed by atoms with Gasteiger partial charge < -0.3 is 9.51 Å². The maximum absolute atomic E-state index is 9.64. The smallest absolute Gasteiger partial charge is 0.180 e. The highest BCUT2D eigenvalue weighted by molar-refractivity contribution is 5.65. The lowest BCUT2D eigenvalue weighted by atomic mass is 10.2. The monoisotopic (exact) mass is 211 g/mol. The second kappa shape index (κ2) is 3.34. The molecule has 0 spiro atoms. The van der Waals surface area contributed by atoms with Gasteiger partial charge in [-0.2, -0.15) is 0 Å². The molecule has 0 saturated heterocycles. The van der Waals surface area contributed by atoms with Gasteiger partial charge >= 0.3 is 0 Å². The number of nitrogens with zero attached hydrogens (tertiary/aromatic N) is 3. The molecular weight excluding hydrogens is 202 g/mol. The molecule has 0 saturated carbocycles. The molecule has 78 valence electrons. The molecule has 1 N–H and O–H groups in total. The first-order valence-corrected chi connectivity index (χ1v) is 4.92. The summed E-state index contributed by atoms with van der Waals surface area (Å²) in [5.41, 5.74) is 2.37. The van der Waals surface area contributed by atoms with E-state index in [1.54, 1.807) is 28.9 Å². The third-order valence-electron chi connectivity index (χ3n) is 2.44. The Kier molecular flexibility index (Phi) is 1.86. The molecule has 0 atom stereocenters. The quantitative estimate of drug-likeness (QED) is 0.670. The average molecular weight is 211 g/mol. The van der Waals surface area contributed by atoms with Gasteiger partial charge in [-0.05, 0) is 24.3 Å². The first-order chi connectivity index (χ1) is 7.84. The summed E-state index contributed by atoms with van der Waals surface area (Å²) in [7, 11) is 0. The minimum absolute atomic E-state index is 0.183. The molecular formula is C12H9N3O. The van der Waals surface area contributed by atoms with Crippen molar-refractivity contribution >= 4 is 5.65 Å². The van der Waals surface area contributed by atoms with E-state index in [9.17, 15) is 5.11 Å². The molecule has 0 fully saturated rings. The third-order valence-corrected chi connectivity index (χ3v) is 2.44. The summed E-state index contributed by atoms with van der Waals surface area (Å²) in [5.74, 6) is 0.183. The van der Waals surface area contributed by atoms with E-state index < -0.39 is 0 Å². The third kappa shape index (κ3) is 1.32. The van der Waals surface area contributed by atoms with Crippen LogP contribution in [0.3, 0.4) is 0 Å². The van der Waals surface area contributed by atoms with Crippen molar-refractivity contribution in [2.24, 2.45) is 0 Å². The Morgan fingerprint density at radius 3 is 2.69 bits per heavy atom. The van der Waals surface area contributed by atoms with E-state index in [4.69, 9.17) is 0 Å². The van der Waals surface area contributed by atoms with E-state index in [0.29, 0.717) is 5.65 Å². The fourth-order valence-electron chi connectivity index (χ4n) is 1.66. The summed E-state index contributed by atoms with van der Waals surface area (Å²) in [6.45, 7) is 0. The van der Waals surface area contributed by atoms with Crippen molar-refractivity contribution in [1.29, 1.82) is 0 Å². The van der Waals surface area contributed by atoms with Gasteiger partial charge in [0.15, 0.2) is 11.4 Å². The van der Waals surface area contributed by atoms with Crippen molar-refractivity contribution in [3.05, 3.63) is 49.1 Å². The van der Waals surface area contributed by atoms with Gasteiger partial charge in [0, 0.05) is 30.4 Å². The lowest BCUT2D eigenvalue weighted by Crippen LogP contribution is -1.80. The van der Waals surface area contributed by atoms with Gasteiger partial charge in [-0.3, -0.25) is 4.98 Å². The first kappa shape index (κ1) is 8.91. The molecule has 0 radical (unpaired) electrons. The molecule has 0 aliphatic carbocycles. The van der Waals surface area contributed by atoms with E-state index in [1.165, 1.54) is 0 Å². The molecule has 0 bridgehead atoms. The van der Waals surface area contributed by atoms with Gasteiger partial charge in [-0.25, -0.2) is 4.98 Å². The molecule has 3 rings (SSSR count). The summed E-state index contributed by atoms with van der Waals surface area (Å²) in [6, 6.07) is 7.18. The van der Waals surface area contributed by atoms with Crippen molar-refractivity contribution < 1.29 is 5.11 Å². The minimum Gasteiger partial charge on any atom is -0.504 e. The Balaban J connectivity index is 2.23. The van der Waals surface area contributed by atoms with Gasteiger partial charge in [-0.1, -0.05) is 0 Å². The molecule has 4 nitrogen and oxygen atoms in total. The number of aromatic hydroxyl groups is 1. The lowest BCUT2D eigenvalue weighted by molar-refractivity contribution is 0.477. The number of hydrogen-bond acceptors (Lipinski definition) is 3. The SMILES string of the molecule is Oc1cccn2cc(-c3ccncc3)nc12. The van der Waals surface area contributed by atoms with Gasteiger partial charge in [0.05, 0.1) is 5.69 Å². The Hall–Kier alpha value is -2.36. The molecule has 3 aromatic rings. The lowest BCUT2D eigenvalue weighted by Gasteiger charge is -1.92. The van der Waals surface area contributed by atoms with Gasteiger partial charge in [0.2, 0.25) is 0 Å². The molecule has 3 heterocycles. The van der Waals surface area contributed by atoms with E-state index >= 15 is 0 Å². The highest BCUT2D eigenvalue weighted by atomic mass is 16.3. The predicted molar refractivity (Wildman–Crippen MR) is 60.1 cm³/mol. The molecule has 0 aromatic carbocycles. The number of aromatic nitrogens is 3. The van der Waals surface area contributed by atoms with Crippen LogP contribution in [0.1, 0.15) is 0 Å². The van der Waals surface area contributed by atoms with Crippen molar-refractivity contribution in [3.63, 3.8) is 0 Å². The topological polar surface area (TPSA) is 50.4 Å². The molecule has 3 aromatic heterocycles. The number of pyridine rings is 2.